The third kappa shape index (κ3) is 7.74. The van der Waals surface area contributed by atoms with Crippen molar-refractivity contribution in [2.24, 2.45) is 4.99 Å². The summed E-state index contributed by atoms with van der Waals surface area (Å²) in [5.41, 5.74) is 1.22. The zero-order valence-corrected chi connectivity index (χ0v) is 18.1. The van der Waals surface area contributed by atoms with Crippen molar-refractivity contribution in [2.75, 3.05) is 19.6 Å². The quantitative estimate of drug-likeness (QED) is 0.246. The Morgan fingerprint density at radius 3 is 2.77 bits per heavy atom. The summed E-state index contributed by atoms with van der Waals surface area (Å²) in [5.74, 6) is 1.77. The topological polar surface area (TPSA) is 67.1 Å². The normalized spacial score (nSPS) is 10.9. The maximum atomic E-state index is 5.91. The molecule has 0 amide bonds. The first-order valence-corrected chi connectivity index (χ1v) is 8.85. The summed E-state index contributed by atoms with van der Waals surface area (Å²) < 4.78 is 2.05. The van der Waals surface area contributed by atoms with Crippen molar-refractivity contribution in [1.29, 1.82) is 0 Å². The molecule has 1 aromatic heterocycles. The smallest absolute Gasteiger partial charge is 0.191 e. The number of aromatic nitrogens is 3. The van der Waals surface area contributed by atoms with Crippen molar-refractivity contribution < 1.29 is 0 Å². The summed E-state index contributed by atoms with van der Waals surface area (Å²) in [6, 6.07) is 7.86. The monoisotopic (exact) mass is 488 g/mol. The number of aryl methyl sites for hydroxylation is 1. The fraction of sp³-hybridized carbons (Fsp3) is 0.389. The standard InChI is InChI=1S/C18H25ClN6.HI/c1-3-10-20-18(21-11-9-15-5-7-16(19)8-6-15)22-12-13-25-14-23-24-17(25)4-2;/h3,5-8,14H,1,4,9-13H2,2H3,(H2,20,21,22);1H. The van der Waals surface area contributed by atoms with Crippen LogP contribution in [-0.2, 0) is 19.4 Å². The lowest BCUT2D eigenvalue weighted by Crippen LogP contribution is -2.39. The van der Waals surface area contributed by atoms with Gasteiger partial charge in [-0.3, -0.25) is 4.99 Å². The SMILES string of the molecule is C=CCNC(=NCCc1ccc(Cl)cc1)NCCn1cnnc1CC.I. The molecule has 0 bridgehead atoms. The third-order valence-corrected chi connectivity index (χ3v) is 3.91. The van der Waals surface area contributed by atoms with Crippen molar-refractivity contribution in [1.82, 2.24) is 25.4 Å². The van der Waals surface area contributed by atoms with Crippen molar-refractivity contribution in [3.05, 3.63) is 59.7 Å². The number of hydrogen-bond acceptors (Lipinski definition) is 3. The van der Waals surface area contributed by atoms with Gasteiger partial charge < -0.3 is 15.2 Å². The number of nitrogens with zero attached hydrogens (tertiary/aromatic N) is 4. The van der Waals surface area contributed by atoms with Gasteiger partial charge >= 0.3 is 0 Å². The van der Waals surface area contributed by atoms with E-state index in [1.165, 1.54) is 5.56 Å². The summed E-state index contributed by atoms with van der Waals surface area (Å²) in [4.78, 5) is 4.61. The second-order valence-corrected chi connectivity index (χ2v) is 5.93. The second-order valence-electron chi connectivity index (χ2n) is 5.50. The Hall–Kier alpha value is -1.61. The van der Waals surface area contributed by atoms with Gasteiger partial charge in [0.2, 0.25) is 0 Å². The molecule has 2 N–H and O–H groups in total. The fourth-order valence-corrected chi connectivity index (χ4v) is 2.45. The number of guanidine groups is 1. The van der Waals surface area contributed by atoms with Gasteiger partial charge in [0.25, 0.3) is 0 Å². The molecule has 1 aromatic carbocycles. The van der Waals surface area contributed by atoms with Crippen LogP contribution in [0.3, 0.4) is 0 Å². The molecule has 26 heavy (non-hydrogen) atoms. The summed E-state index contributed by atoms with van der Waals surface area (Å²) in [5, 5.41) is 15.4. The molecule has 8 heteroatoms. The predicted molar refractivity (Wildman–Crippen MR) is 118 cm³/mol. The molecule has 0 radical (unpaired) electrons. The van der Waals surface area contributed by atoms with Gasteiger partial charge in [0.05, 0.1) is 0 Å². The molecular formula is C18H26ClIN6. The average Bonchev–Trinajstić information content (AvgIpc) is 3.08. The molecule has 2 aromatic rings. The minimum absolute atomic E-state index is 0. The van der Waals surface area contributed by atoms with Crippen LogP contribution in [0.25, 0.3) is 0 Å². The molecule has 0 spiro atoms. The number of rotatable bonds is 9. The highest BCUT2D eigenvalue weighted by Crippen LogP contribution is 2.09. The maximum absolute atomic E-state index is 5.91. The van der Waals surface area contributed by atoms with Gasteiger partial charge in [-0.2, -0.15) is 0 Å². The lowest BCUT2D eigenvalue weighted by molar-refractivity contribution is 0.633. The minimum Gasteiger partial charge on any atom is -0.355 e. The van der Waals surface area contributed by atoms with E-state index >= 15 is 0 Å². The molecule has 6 nitrogen and oxygen atoms in total. The Kier molecular flexibility index (Phi) is 11.0. The van der Waals surface area contributed by atoms with Gasteiger partial charge in [-0.1, -0.05) is 36.7 Å². The highest BCUT2D eigenvalue weighted by atomic mass is 127. The molecule has 2 rings (SSSR count). The minimum atomic E-state index is 0. The first kappa shape index (κ1) is 22.4. The van der Waals surface area contributed by atoms with Crippen LogP contribution in [0.2, 0.25) is 5.02 Å². The van der Waals surface area contributed by atoms with Gasteiger partial charge in [0.15, 0.2) is 5.96 Å². The number of benzene rings is 1. The number of aliphatic imine (C=N–C) groups is 1. The molecular weight excluding hydrogens is 463 g/mol. The molecule has 142 valence electrons. The number of halogens is 2. The zero-order chi connectivity index (χ0) is 17.9. The highest BCUT2D eigenvalue weighted by Gasteiger charge is 2.02. The van der Waals surface area contributed by atoms with Crippen LogP contribution in [0.1, 0.15) is 18.3 Å². The van der Waals surface area contributed by atoms with E-state index in [0.29, 0.717) is 13.1 Å². The molecule has 0 fully saturated rings. The van der Waals surface area contributed by atoms with Gasteiger partial charge in [0, 0.05) is 37.6 Å². The Labute approximate surface area is 177 Å². The van der Waals surface area contributed by atoms with Crippen LogP contribution >= 0.6 is 35.6 Å². The van der Waals surface area contributed by atoms with Crippen molar-refractivity contribution in [2.45, 2.75) is 26.3 Å². The average molecular weight is 489 g/mol. The Morgan fingerprint density at radius 1 is 1.31 bits per heavy atom. The van der Waals surface area contributed by atoms with E-state index < -0.39 is 0 Å². The lowest BCUT2D eigenvalue weighted by Gasteiger charge is -2.12. The Bertz CT molecular complexity index is 683. The van der Waals surface area contributed by atoms with Crippen LogP contribution in [0.4, 0.5) is 0 Å². The molecule has 0 aliphatic heterocycles. The van der Waals surface area contributed by atoms with Gasteiger partial charge in [-0.15, -0.1) is 40.8 Å². The van der Waals surface area contributed by atoms with Gasteiger partial charge in [-0.25, -0.2) is 0 Å². The van der Waals surface area contributed by atoms with Crippen molar-refractivity contribution >= 4 is 41.5 Å². The molecule has 0 unspecified atom stereocenters. The molecule has 1 heterocycles. The van der Waals surface area contributed by atoms with E-state index in [0.717, 1.165) is 42.7 Å². The van der Waals surface area contributed by atoms with E-state index in [-0.39, 0.29) is 24.0 Å². The number of hydrogen-bond donors (Lipinski definition) is 2. The van der Waals surface area contributed by atoms with Gasteiger partial charge in [-0.05, 0) is 24.1 Å². The van der Waals surface area contributed by atoms with Crippen molar-refractivity contribution in [3.63, 3.8) is 0 Å². The molecule has 0 atom stereocenters. The molecule has 0 saturated heterocycles. The predicted octanol–water partition coefficient (Wildman–Crippen LogP) is 3.08. The molecule has 0 saturated carbocycles. The summed E-state index contributed by atoms with van der Waals surface area (Å²) >= 11 is 5.91. The largest absolute Gasteiger partial charge is 0.355 e. The van der Waals surface area contributed by atoms with E-state index in [4.69, 9.17) is 11.6 Å². The van der Waals surface area contributed by atoms with E-state index in [2.05, 4.69) is 39.3 Å². The third-order valence-electron chi connectivity index (χ3n) is 3.65. The Morgan fingerprint density at radius 2 is 2.08 bits per heavy atom. The number of nitrogens with one attached hydrogen (secondary N) is 2. The lowest BCUT2D eigenvalue weighted by atomic mass is 10.1. The van der Waals surface area contributed by atoms with Crippen molar-refractivity contribution in [3.8, 4) is 0 Å². The van der Waals surface area contributed by atoms with E-state index in [1.807, 2.05) is 34.9 Å². The summed E-state index contributed by atoms with van der Waals surface area (Å²) in [6.45, 7) is 8.71. The van der Waals surface area contributed by atoms with Gasteiger partial charge in [0.1, 0.15) is 12.2 Å². The fourth-order valence-electron chi connectivity index (χ4n) is 2.33. The first-order chi connectivity index (χ1) is 12.2. The second kappa shape index (κ2) is 12.7. The summed E-state index contributed by atoms with van der Waals surface area (Å²) in [7, 11) is 0. The van der Waals surface area contributed by atoms with E-state index in [1.54, 1.807) is 6.33 Å². The maximum Gasteiger partial charge on any atom is 0.191 e. The van der Waals surface area contributed by atoms with Crippen LogP contribution in [0.15, 0.2) is 48.2 Å². The van der Waals surface area contributed by atoms with E-state index in [9.17, 15) is 0 Å². The highest BCUT2D eigenvalue weighted by molar-refractivity contribution is 14.0. The van der Waals surface area contributed by atoms with Crippen LogP contribution in [-0.4, -0.2) is 40.4 Å². The Balaban J connectivity index is 0.00000338. The molecule has 0 aliphatic carbocycles. The van der Waals surface area contributed by atoms with Crippen LogP contribution < -0.4 is 10.6 Å². The first-order valence-electron chi connectivity index (χ1n) is 8.47. The zero-order valence-electron chi connectivity index (χ0n) is 15.0. The molecule has 0 aliphatic rings. The van der Waals surface area contributed by atoms with Crippen LogP contribution in [0.5, 0.6) is 0 Å². The summed E-state index contributed by atoms with van der Waals surface area (Å²) in [6.07, 6.45) is 5.31. The van der Waals surface area contributed by atoms with Crippen LogP contribution in [0, 0.1) is 0 Å².